The molecule has 21 heavy (non-hydrogen) atoms. The molecule has 1 N–H and O–H groups in total. The minimum Gasteiger partial charge on any atom is -0.250 e. The van der Waals surface area contributed by atoms with Crippen molar-refractivity contribution in [1.29, 1.82) is 0 Å². The van der Waals surface area contributed by atoms with E-state index >= 15 is 0 Å². The molecule has 0 spiro atoms. The zero-order valence-electron chi connectivity index (χ0n) is 10.9. The van der Waals surface area contributed by atoms with Crippen LogP contribution in [0, 0.1) is 8.34 Å². The minimum absolute atomic E-state index is 0.468. The van der Waals surface area contributed by atoms with Crippen LogP contribution < -0.4 is 0 Å². The lowest BCUT2D eigenvalue weighted by Gasteiger charge is -2.00. The monoisotopic (exact) mass is 406 g/mol. The smallest absolute Gasteiger partial charge is 0.216 e. The highest BCUT2D eigenvalue weighted by molar-refractivity contribution is 14.1. The number of H-pyrrole nitrogens is 1. The van der Waals surface area contributed by atoms with Crippen LogP contribution in [0.15, 0.2) is 59.7 Å². The van der Waals surface area contributed by atoms with Gasteiger partial charge in [0.2, 0.25) is 4.77 Å². The van der Waals surface area contributed by atoms with E-state index in [4.69, 9.17) is 12.2 Å². The molecule has 104 valence electrons. The summed E-state index contributed by atoms with van der Waals surface area (Å²) < 4.78 is 3.26. The van der Waals surface area contributed by atoms with Gasteiger partial charge in [-0.1, -0.05) is 42.5 Å². The SMILES string of the molecule is S=c1[nH]nc(-c2ccccc2)n1N=Cc1cccc(I)c1. The first kappa shape index (κ1) is 14.2. The number of aromatic amines is 1. The highest BCUT2D eigenvalue weighted by Crippen LogP contribution is 2.16. The van der Waals surface area contributed by atoms with Gasteiger partial charge in [0.25, 0.3) is 0 Å². The first-order valence-corrected chi connectivity index (χ1v) is 7.75. The molecule has 0 bridgehead atoms. The van der Waals surface area contributed by atoms with Gasteiger partial charge < -0.3 is 0 Å². The lowest BCUT2D eigenvalue weighted by molar-refractivity contribution is 0.871. The second-order valence-electron chi connectivity index (χ2n) is 4.33. The number of rotatable bonds is 3. The van der Waals surface area contributed by atoms with Crippen molar-refractivity contribution in [3.8, 4) is 11.4 Å². The van der Waals surface area contributed by atoms with E-state index in [1.54, 1.807) is 10.9 Å². The molecule has 0 aliphatic heterocycles. The highest BCUT2D eigenvalue weighted by Gasteiger charge is 2.06. The summed E-state index contributed by atoms with van der Waals surface area (Å²) in [6.07, 6.45) is 1.78. The van der Waals surface area contributed by atoms with Crippen LogP contribution in [0.4, 0.5) is 0 Å². The molecule has 4 nitrogen and oxygen atoms in total. The Balaban J connectivity index is 2.00. The maximum Gasteiger partial charge on any atom is 0.216 e. The van der Waals surface area contributed by atoms with Gasteiger partial charge in [-0.05, 0) is 52.5 Å². The fourth-order valence-corrected chi connectivity index (χ4v) is 2.63. The zero-order chi connectivity index (χ0) is 14.7. The van der Waals surface area contributed by atoms with E-state index in [2.05, 4.69) is 44.0 Å². The lowest BCUT2D eigenvalue weighted by Crippen LogP contribution is -1.95. The predicted molar refractivity (Wildman–Crippen MR) is 95.0 cm³/mol. The van der Waals surface area contributed by atoms with Crippen LogP contribution >= 0.6 is 34.8 Å². The Morgan fingerprint density at radius 1 is 1.14 bits per heavy atom. The third kappa shape index (κ3) is 3.27. The van der Waals surface area contributed by atoms with E-state index in [1.807, 2.05) is 48.5 Å². The van der Waals surface area contributed by atoms with Crippen molar-refractivity contribution in [2.75, 3.05) is 0 Å². The molecule has 0 amide bonds. The van der Waals surface area contributed by atoms with Crippen molar-refractivity contribution < 1.29 is 0 Å². The van der Waals surface area contributed by atoms with Crippen LogP contribution in [-0.4, -0.2) is 21.1 Å². The number of benzene rings is 2. The first-order valence-electron chi connectivity index (χ1n) is 6.27. The van der Waals surface area contributed by atoms with Crippen molar-refractivity contribution in [3.05, 3.63) is 68.5 Å². The fraction of sp³-hybridized carbons (Fsp3) is 0. The fourth-order valence-electron chi connectivity index (χ4n) is 1.88. The van der Waals surface area contributed by atoms with E-state index < -0.39 is 0 Å². The van der Waals surface area contributed by atoms with Crippen molar-refractivity contribution in [2.24, 2.45) is 5.10 Å². The van der Waals surface area contributed by atoms with E-state index in [0.29, 0.717) is 10.6 Å². The average Bonchev–Trinajstić information content (AvgIpc) is 2.87. The average molecular weight is 406 g/mol. The second kappa shape index (κ2) is 6.31. The quantitative estimate of drug-likeness (QED) is 0.405. The number of halogens is 1. The van der Waals surface area contributed by atoms with Crippen LogP contribution in [0.1, 0.15) is 5.56 Å². The van der Waals surface area contributed by atoms with Crippen LogP contribution in [0.25, 0.3) is 11.4 Å². The molecular weight excluding hydrogens is 395 g/mol. The van der Waals surface area contributed by atoms with Gasteiger partial charge in [0, 0.05) is 9.13 Å². The lowest BCUT2D eigenvalue weighted by atomic mass is 10.2. The molecule has 3 rings (SSSR count). The third-order valence-corrected chi connectivity index (χ3v) is 3.79. The van der Waals surface area contributed by atoms with E-state index in [1.165, 1.54) is 0 Å². The maximum atomic E-state index is 5.24. The second-order valence-corrected chi connectivity index (χ2v) is 5.96. The molecule has 2 aromatic carbocycles. The topological polar surface area (TPSA) is 46.0 Å². The summed E-state index contributed by atoms with van der Waals surface area (Å²) in [5.41, 5.74) is 1.98. The largest absolute Gasteiger partial charge is 0.250 e. The molecule has 0 aliphatic carbocycles. The zero-order valence-corrected chi connectivity index (χ0v) is 13.9. The van der Waals surface area contributed by atoms with Gasteiger partial charge in [0.15, 0.2) is 5.82 Å². The molecule has 6 heteroatoms. The Bertz CT molecular complexity index is 836. The molecule has 0 saturated heterocycles. The number of hydrogen-bond donors (Lipinski definition) is 1. The van der Waals surface area contributed by atoms with Gasteiger partial charge in [-0.15, -0.1) is 0 Å². The Labute approximate surface area is 140 Å². The van der Waals surface area contributed by atoms with Crippen molar-refractivity contribution >= 4 is 41.0 Å². The standard InChI is InChI=1S/C15H11IN4S/c16-13-8-4-5-11(9-13)10-17-20-14(18-19-15(20)21)12-6-2-1-3-7-12/h1-10H,(H,19,21). The normalized spacial score (nSPS) is 11.1. The van der Waals surface area contributed by atoms with E-state index in [-0.39, 0.29) is 0 Å². The predicted octanol–water partition coefficient (Wildman–Crippen LogP) is 4.09. The molecule has 0 fully saturated rings. The summed E-state index contributed by atoms with van der Waals surface area (Å²) in [5, 5.41) is 11.5. The Hall–Kier alpha value is -1.80. The molecule has 1 aromatic heterocycles. The van der Waals surface area contributed by atoms with Crippen molar-refractivity contribution in [1.82, 2.24) is 14.9 Å². The van der Waals surface area contributed by atoms with Crippen LogP contribution in [0.5, 0.6) is 0 Å². The van der Waals surface area contributed by atoms with Gasteiger partial charge in [-0.3, -0.25) is 0 Å². The van der Waals surface area contributed by atoms with Gasteiger partial charge in [0.05, 0.1) is 6.21 Å². The van der Waals surface area contributed by atoms with Gasteiger partial charge in [-0.2, -0.15) is 14.9 Å². The molecule has 0 aliphatic rings. The molecule has 3 aromatic rings. The Morgan fingerprint density at radius 3 is 2.71 bits per heavy atom. The summed E-state index contributed by atoms with van der Waals surface area (Å²) >= 11 is 7.52. The van der Waals surface area contributed by atoms with Crippen LogP contribution in [0.2, 0.25) is 0 Å². The minimum atomic E-state index is 0.468. The van der Waals surface area contributed by atoms with Crippen LogP contribution in [-0.2, 0) is 0 Å². The molecule has 0 saturated carbocycles. The number of nitrogens with one attached hydrogen (secondary N) is 1. The van der Waals surface area contributed by atoms with Crippen molar-refractivity contribution in [2.45, 2.75) is 0 Å². The van der Waals surface area contributed by atoms with E-state index in [0.717, 1.165) is 14.7 Å². The molecule has 0 unspecified atom stereocenters. The number of nitrogens with zero attached hydrogens (tertiary/aromatic N) is 3. The Kier molecular flexibility index (Phi) is 4.26. The summed E-state index contributed by atoms with van der Waals surface area (Å²) in [4.78, 5) is 0. The molecule has 1 heterocycles. The summed E-state index contributed by atoms with van der Waals surface area (Å²) in [7, 11) is 0. The van der Waals surface area contributed by atoms with Gasteiger partial charge in [0.1, 0.15) is 0 Å². The third-order valence-electron chi connectivity index (χ3n) is 2.85. The molecular formula is C15H11IN4S. The molecule has 0 atom stereocenters. The highest BCUT2D eigenvalue weighted by atomic mass is 127. The van der Waals surface area contributed by atoms with E-state index in [9.17, 15) is 0 Å². The van der Waals surface area contributed by atoms with Gasteiger partial charge >= 0.3 is 0 Å². The summed E-state index contributed by atoms with van der Waals surface area (Å²) in [6.45, 7) is 0. The van der Waals surface area contributed by atoms with Crippen LogP contribution in [0.3, 0.4) is 0 Å². The number of aromatic nitrogens is 3. The number of hydrogen-bond acceptors (Lipinski definition) is 3. The Morgan fingerprint density at radius 2 is 1.95 bits per heavy atom. The van der Waals surface area contributed by atoms with Gasteiger partial charge in [-0.25, -0.2) is 5.10 Å². The maximum absolute atomic E-state index is 5.24. The van der Waals surface area contributed by atoms with Crippen molar-refractivity contribution in [3.63, 3.8) is 0 Å². The summed E-state index contributed by atoms with van der Waals surface area (Å²) in [5.74, 6) is 0.697. The first-order chi connectivity index (χ1) is 10.2. The molecule has 0 radical (unpaired) electrons. The summed E-state index contributed by atoms with van der Waals surface area (Å²) in [6, 6.07) is 17.9.